The quantitative estimate of drug-likeness (QED) is 0.402. The molecule has 0 radical (unpaired) electrons. The largest absolute Gasteiger partial charge is 0.454 e. The van der Waals surface area contributed by atoms with E-state index in [1.807, 2.05) is 18.7 Å². The number of halogens is 1. The number of rotatable bonds is 4. The van der Waals surface area contributed by atoms with E-state index >= 15 is 0 Å². The van der Waals surface area contributed by atoms with E-state index in [2.05, 4.69) is 31.7 Å². The number of nitrogens with one attached hydrogen (secondary N) is 1. The van der Waals surface area contributed by atoms with Gasteiger partial charge in [0.1, 0.15) is 5.76 Å². The second-order valence-corrected chi connectivity index (χ2v) is 6.32. The summed E-state index contributed by atoms with van der Waals surface area (Å²) in [4.78, 5) is 21.9. The van der Waals surface area contributed by atoms with Crippen molar-refractivity contribution in [3.8, 4) is 0 Å². The van der Waals surface area contributed by atoms with Crippen LogP contribution < -0.4 is 11.1 Å². The van der Waals surface area contributed by atoms with Crippen LogP contribution in [0.5, 0.6) is 0 Å². The first-order valence-corrected chi connectivity index (χ1v) is 8.40. The maximum Gasteiger partial charge on any atom is 0.284 e. The van der Waals surface area contributed by atoms with Gasteiger partial charge in [0.15, 0.2) is 11.7 Å². The van der Waals surface area contributed by atoms with Crippen LogP contribution in [0.1, 0.15) is 35.7 Å². The van der Waals surface area contributed by atoms with E-state index in [1.54, 1.807) is 19.2 Å². The smallest absolute Gasteiger partial charge is 0.284 e. The van der Waals surface area contributed by atoms with Gasteiger partial charge in [0.05, 0.1) is 18.9 Å². The number of nitrogens with zero attached hydrogens (tertiary/aromatic N) is 4. The highest BCUT2D eigenvalue weighted by molar-refractivity contribution is 14.0. The van der Waals surface area contributed by atoms with E-state index in [9.17, 15) is 4.79 Å². The molecule has 3 heterocycles. The number of carbonyl (C=O) groups is 1. The van der Waals surface area contributed by atoms with Crippen molar-refractivity contribution < 1.29 is 9.21 Å². The number of nitrogens with two attached hydrogens (primary N) is 1. The number of hydrogen-bond donors (Lipinski definition) is 2. The van der Waals surface area contributed by atoms with E-state index in [1.165, 1.54) is 0 Å². The maximum absolute atomic E-state index is 11.1. The molecule has 0 saturated carbocycles. The molecule has 0 spiro atoms. The second-order valence-electron chi connectivity index (χ2n) is 6.32. The van der Waals surface area contributed by atoms with Crippen molar-refractivity contribution in [2.45, 2.75) is 25.9 Å². The molecule has 1 saturated heterocycles. The Morgan fingerprint density at radius 1 is 1.50 bits per heavy atom. The lowest BCUT2D eigenvalue weighted by atomic mass is 9.93. The maximum atomic E-state index is 11.1. The summed E-state index contributed by atoms with van der Waals surface area (Å²) in [6, 6.07) is 3.69. The van der Waals surface area contributed by atoms with Crippen LogP contribution >= 0.6 is 24.0 Å². The van der Waals surface area contributed by atoms with Crippen LogP contribution in [-0.2, 0) is 6.54 Å². The van der Waals surface area contributed by atoms with Crippen LogP contribution in [0.25, 0.3) is 0 Å². The van der Waals surface area contributed by atoms with Crippen LogP contribution in [0.4, 0.5) is 0 Å². The van der Waals surface area contributed by atoms with E-state index in [0.29, 0.717) is 24.3 Å². The molecule has 0 bridgehead atoms. The second kappa shape index (κ2) is 9.06. The normalized spacial score (nSPS) is 20.5. The third kappa shape index (κ3) is 4.57. The first-order chi connectivity index (χ1) is 12.1. The number of primary amides is 1. The molecular weight excluding hydrogens is 447 g/mol. The van der Waals surface area contributed by atoms with E-state index < -0.39 is 5.91 Å². The van der Waals surface area contributed by atoms with Crippen molar-refractivity contribution >= 4 is 35.8 Å². The molecule has 3 N–H and O–H groups in total. The average molecular weight is 472 g/mol. The van der Waals surface area contributed by atoms with E-state index in [0.717, 1.165) is 25.5 Å². The summed E-state index contributed by atoms with van der Waals surface area (Å²) in [7, 11) is 1.77. The van der Waals surface area contributed by atoms with Gasteiger partial charge in [-0.25, -0.2) is 4.98 Å². The summed E-state index contributed by atoms with van der Waals surface area (Å²) in [5.74, 6) is 1.63. The molecule has 8 nitrogen and oxygen atoms in total. The van der Waals surface area contributed by atoms with Crippen molar-refractivity contribution in [3.63, 3.8) is 0 Å². The molecule has 2 unspecified atom stereocenters. The predicted octanol–water partition coefficient (Wildman–Crippen LogP) is 1.85. The number of guanidine groups is 1. The molecule has 1 amide bonds. The van der Waals surface area contributed by atoms with Crippen molar-refractivity contribution in [3.05, 3.63) is 42.4 Å². The zero-order chi connectivity index (χ0) is 17.8. The Kier molecular flexibility index (Phi) is 7.06. The van der Waals surface area contributed by atoms with Gasteiger partial charge in [-0.15, -0.1) is 24.0 Å². The topological polar surface area (TPSA) is 102 Å². The van der Waals surface area contributed by atoms with Gasteiger partial charge in [-0.2, -0.15) is 0 Å². The van der Waals surface area contributed by atoms with Crippen molar-refractivity contribution in [2.24, 2.45) is 16.6 Å². The minimum absolute atomic E-state index is 0. The zero-order valence-corrected chi connectivity index (χ0v) is 17.3. The van der Waals surface area contributed by atoms with Crippen molar-refractivity contribution in [1.82, 2.24) is 19.8 Å². The Hall–Kier alpha value is -2.04. The first kappa shape index (κ1) is 20.3. The summed E-state index contributed by atoms with van der Waals surface area (Å²) >= 11 is 0. The molecule has 0 aliphatic carbocycles. The first-order valence-electron chi connectivity index (χ1n) is 8.40. The Morgan fingerprint density at radius 3 is 2.92 bits per heavy atom. The van der Waals surface area contributed by atoms with Gasteiger partial charge in [0, 0.05) is 32.5 Å². The monoisotopic (exact) mass is 472 g/mol. The molecule has 26 heavy (non-hydrogen) atoms. The minimum atomic E-state index is -0.566. The van der Waals surface area contributed by atoms with Crippen LogP contribution in [0, 0.1) is 5.92 Å². The number of furan rings is 1. The van der Waals surface area contributed by atoms with Gasteiger partial charge in [0.2, 0.25) is 0 Å². The van der Waals surface area contributed by atoms with Crippen LogP contribution in [0.3, 0.4) is 0 Å². The Labute approximate surface area is 169 Å². The fourth-order valence-corrected chi connectivity index (χ4v) is 3.20. The van der Waals surface area contributed by atoms with Gasteiger partial charge < -0.3 is 24.9 Å². The molecule has 3 rings (SSSR count). The Balaban J connectivity index is 0.00000243. The number of aromatic nitrogens is 2. The average Bonchev–Trinajstić information content (AvgIpc) is 3.28. The van der Waals surface area contributed by atoms with E-state index in [-0.39, 0.29) is 29.7 Å². The summed E-state index contributed by atoms with van der Waals surface area (Å²) in [6.45, 7) is 4.52. The predicted molar refractivity (Wildman–Crippen MR) is 109 cm³/mol. The highest BCUT2D eigenvalue weighted by atomic mass is 127. The highest BCUT2D eigenvalue weighted by Gasteiger charge is 2.28. The third-order valence-electron chi connectivity index (χ3n) is 4.66. The lowest BCUT2D eigenvalue weighted by Crippen LogP contribution is -2.48. The van der Waals surface area contributed by atoms with Gasteiger partial charge in [-0.3, -0.25) is 9.79 Å². The molecule has 2 atom stereocenters. The van der Waals surface area contributed by atoms with Gasteiger partial charge in [-0.05, 0) is 24.5 Å². The van der Waals surface area contributed by atoms with Crippen LogP contribution in [-0.4, -0.2) is 46.5 Å². The molecule has 1 aliphatic rings. The molecule has 9 heteroatoms. The SMILES string of the molecule is CN=C(NCc1ccc(C(N)=O)o1)N1CCC(C)C(n2ccnc2)C1.I. The lowest BCUT2D eigenvalue weighted by Gasteiger charge is -2.39. The lowest BCUT2D eigenvalue weighted by molar-refractivity contribution is 0.0972. The number of piperidine rings is 1. The molecule has 1 fully saturated rings. The van der Waals surface area contributed by atoms with Crippen LogP contribution in [0.2, 0.25) is 0 Å². The number of hydrogen-bond acceptors (Lipinski definition) is 4. The fraction of sp³-hybridized carbons (Fsp3) is 0.471. The zero-order valence-electron chi connectivity index (χ0n) is 15.0. The number of amides is 1. The minimum Gasteiger partial charge on any atom is -0.454 e. The summed E-state index contributed by atoms with van der Waals surface area (Å²) in [5, 5.41) is 3.29. The third-order valence-corrected chi connectivity index (χ3v) is 4.66. The number of carbonyl (C=O) groups excluding carboxylic acids is 1. The molecule has 2 aromatic heterocycles. The summed E-state index contributed by atoms with van der Waals surface area (Å²) in [6.07, 6.45) is 6.77. The summed E-state index contributed by atoms with van der Waals surface area (Å²) in [5.41, 5.74) is 5.21. The summed E-state index contributed by atoms with van der Waals surface area (Å²) < 4.78 is 7.56. The van der Waals surface area contributed by atoms with Crippen molar-refractivity contribution in [1.29, 1.82) is 0 Å². The van der Waals surface area contributed by atoms with Crippen LogP contribution in [0.15, 0.2) is 40.3 Å². The van der Waals surface area contributed by atoms with Gasteiger partial charge in [-0.1, -0.05) is 6.92 Å². The van der Waals surface area contributed by atoms with Gasteiger partial charge in [0.25, 0.3) is 5.91 Å². The standard InChI is InChI=1S/C17H24N6O2.HI/c1-12-5-7-22(10-14(12)23-8-6-20-11-23)17(19-2)21-9-13-3-4-15(25-13)16(18)24;/h3-4,6,8,11-12,14H,5,7,9-10H2,1-2H3,(H2,18,24)(H,19,21);1H. The number of aliphatic imine (C=N–C) groups is 1. The van der Waals surface area contributed by atoms with Crippen molar-refractivity contribution in [2.75, 3.05) is 20.1 Å². The Morgan fingerprint density at radius 2 is 2.31 bits per heavy atom. The highest BCUT2D eigenvalue weighted by Crippen LogP contribution is 2.27. The van der Waals surface area contributed by atoms with Gasteiger partial charge >= 0.3 is 0 Å². The molecular formula is C17H25IN6O2. The number of likely N-dealkylation sites (tertiary alicyclic amines) is 1. The Bertz CT molecular complexity index is 742. The molecule has 0 aromatic carbocycles. The molecule has 1 aliphatic heterocycles. The molecule has 2 aromatic rings. The fourth-order valence-electron chi connectivity index (χ4n) is 3.20. The number of imidazole rings is 1. The molecule has 142 valence electrons. The van der Waals surface area contributed by atoms with E-state index in [4.69, 9.17) is 10.2 Å².